The van der Waals surface area contributed by atoms with Crippen molar-refractivity contribution >= 4 is 21.7 Å². The molecule has 1 fully saturated rings. The summed E-state index contributed by atoms with van der Waals surface area (Å²) >= 11 is 6.06. The lowest BCUT2D eigenvalue weighted by atomic mass is 9.74. The molecule has 0 aromatic heterocycles. The van der Waals surface area contributed by atoms with Crippen molar-refractivity contribution in [1.82, 2.24) is 5.32 Å². The van der Waals surface area contributed by atoms with Gasteiger partial charge < -0.3 is 14.2 Å². The molecule has 1 N–H and O–H groups in total. The van der Waals surface area contributed by atoms with E-state index < -0.39 is 10.1 Å². The molecule has 0 spiro atoms. The van der Waals surface area contributed by atoms with E-state index in [1.807, 2.05) is 0 Å². The molecule has 0 bridgehead atoms. The summed E-state index contributed by atoms with van der Waals surface area (Å²) in [6.07, 6.45) is 0.988. The van der Waals surface area contributed by atoms with Crippen LogP contribution < -0.4 is 14.2 Å². The molecule has 1 saturated heterocycles. The fraction of sp³-hybridized carbons (Fsp3) is 0.368. The van der Waals surface area contributed by atoms with E-state index in [1.165, 1.54) is 0 Å². The summed E-state index contributed by atoms with van der Waals surface area (Å²) in [5.41, 5.74) is 1.39. The van der Waals surface area contributed by atoms with Gasteiger partial charge in [-0.2, -0.15) is 8.42 Å². The summed E-state index contributed by atoms with van der Waals surface area (Å²) in [5.74, 6) is 0.834. The summed E-state index contributed by atoms with van der Waals surface area (Å²) in [6.45, 7) is 3.85. The predicted molar refractivity (Wildman–Crippen MR) is 100 cm³/mol. The number of hydrogen-bond donors (Lipinski definition) is 1. The molecule has 4 rings (SSSR count). The molecule has 0 saturated carbocycles. The summed E-state index contributed by atoms with van der Waals surface area (Å²) in [6, 6.07) is 12.1. The van der Waals surface area contributed by atoms with Gasteiger partial charge in [-0.1, -0.05) is 36.7 Å². The Morgan fingerprint density at radius 1 is 1.31 bits per heavy atom. The van der Waals surface area contributed by atoms with Crippen molar-refractivity contribution in [1.29, 1.82) is 0 Å². The zero-order valence-corrected chi connectivity index (χ0v) is 15.9. The summed E-state index contributed by atoms with van der Waals surface area (Å²) in [7, 11) is -3.81. The predicted octanol–water partition coefficient (Wildman–Crippen LogP) is 3.26. The monoisotopic (exact) mass is 393 g/mol. The third kappa shape index (κ3) is 3.17. The fourth-order valence-electron chi connectivity index (χ4n) is 3.69. The van der Waals surface area contributed by atoms with Crippen molar-refractivity contribution in [3.05, 3.63) is 58.6 Å². The Labute approximate surface area is 158 Å². The highest BCUT2D eigenvalue weighted by Crippen LogP contribution is 2.47. The fourth-order valence-corrected chi connectivity index (χ4v) is 5.06. The standard InChI is InChI=1S/C19H20ClNO4S/c1-19-8-9-21-11-18(19)24-17-7-6-14(10-15(17)19)25-26(22,23)12-13-4-2-3-5-16(13)20/h2-7,10,18,21H,8-9,11-12H2,1H3. The number of hydrogen-bond acceptors (Lipinski definition) is 5. The van der Waals surface area contributed by atoms with Crippen molar-refractivity contribution in [2.24, 2.45) is 0 Å². The van der Waals surface area contributed by atoms with Gasteiger partial charge in [-0.25, -0.2) is 0 Å². The highest BCUT2D eigenvalue weighted by molar-refractivity contribution is 7.86. The van der Waals surface area contributed by atoms with Crippen molar-refractivity contribution in [2.45, 2.75) is 30.6 Å². The van der Waals surface area contributed by atoms with E-state index >= 15 is 0 Å². The molecule has 5 nitrogen and oxygen atoms in total. The molecule has 2 unspecified atom stereocenters. The number of piperidine rings is 1. The number of ether oxygens (including phenoxy) is 1. The molecule has 2 aliphatic rings. The Morgan fingerprint density at radius 3 is 2.92 bits per heavy atom. The van der Waals surface area contributed by atoms with Gasteiger partial charge >= 0.3 is 10.1 Å². The summed E-state index contributed by atoms with van der Waals surface area (Å²) in [5, 5.41) is 3.75. The Balaban J connectivity index is 1.58. The van der Waals surface area contributed by atoms with Gasteiger partial charge in [0.2, 0.25) is 0 Å². The van der Waals surface area contributed by atoms with E-state index in [0.717, 1.165) is 30.8 Å². The van der Waals surface area contributed by atoms with Crippen LogP contribution in [0.25, 0.3) is 0 Å². The summed E-state index contributed by atoms with van der Waals surface area (Å²) in [4.78, 5) is 0. The van der Waals surface area contributed by atoms with Gasteiger partial charge in [0.1, 0.15) is 23.4 Å². The van der Waals surface area contributed by atoms with Gasteiger partial charge in [0, 0.05) is 22.5 Å². The minimum atomic E-state index is -3.81. The number of halogens is 1. The van der Waals surface area contributed by atoms with E-state index in [-0.39, 0.29) is 17.3 Å². The largest absolute Gasteiger partial charge is 0.488 e. The highest BCUT2D eigenvalue weighted by Gasteiger charge is 2.46. The first-order valence-electron chi connectivity index (χ1n) is 8.55. The van der Waals surface area contributed by atoms with Gasteiger partial charge in [0.25, 0.3) is 0 Å². The third-order valence-corrected chi connectivity index (χ3v) is 6.69. The normalized spacial score (nSPS) is 24.5. The lowest BCUT2D eigenvalue weighted by Crippen LogP contribution is -2.49. The average Bonchev–Trinajstić information content (AvgIpc) is 2.89. The lowest BCUT2D eigenvalue weighted by molar-refractivity contribution is 0.124. The van der Waals surface area contributed by atoms with E-state index in [4.69, 9.17) is 20.5 Å². The first kappa shape index (κ1) is 17.6. The summed E-state index contributed by atoms with van der Waals surface area (Å²) < 4.78 is 36.3. The van der Waals surface area contributed by atoms with E-state index in [1.54, 1.807) is 42.5 Å². The zero-order chi connectivity index (χ0) is 18.4. The van der Waals surface area contributed by atoms with Crippen molar-refractivity contribution < 1.29 is 17.3 Å². The van der Waals surface area contributed by atoms with E-state index in [0.29, 0.717) is 16.3 Å². The molecule has 7 heteroatoms. The van der Waals surface area contributed by atoms with Crippen LogP contribution in [0, 0.1) is 0 Å². The van der Waals surface area contributed by atoms with Crippen LogP contribution in [0.4, 0.5) is 0 Å². The Bertz CT molecular complexity index is 946. The van der Waals surface area contributed by atoms with Gasteiger partial charge in [-0.3, -0.25) is 0 Å². The van der Waals surface area contributed by atoms with E-state index in [9.17, 15) is 8.42 Å². The number of nitrogens with one attached hydrogen (secondary N) is 1. The van der Waals surface area contributed by atoms with Crippen molar-refractivity contribution in [3.63, 3.8) is 0 Å². The second kappa shape index (κ2) is 6.44. The maximum Gasteiger partial charge on any atom is 0.313 e. The van der Waals surface area contributed by atoms with Crippen LogP contribution in [-0.4, -0.2) is 27.6 Å². The molecule has 0 amide bonds. The lowest BCUT2D eigenvalue weighted by Gasteiger charge is -2.35. The molecule has 2 heterocycles. The van der Waals surface area contributed by atoms with Crippen molar-refractivity contribution in [2.75, 3.05) is 13.1 Å². The molecule has 138 valence electrons. The zero-order valence-electron chi connectivity index (χ0n) is 14.4. The van der Waals surface area contributed by atoms with Gasteiger partial charge in [-0.05, 0) is 42.8 Å². The quantitative estimate of drug-likeness (QED) is 0.808. The second-order valence-corrected chi connectivity index (χ2v) is 8.99. The maximum atomic E-state index is 12.5. The molecule has 0 radical (unpaired) electrons. The number of fused-ring (bicyclic) bond motifs is 3. The van der Waals surface area contributed by atoms with Crippen LogP contribution in [-0.2, 0) is 21.3 Å². The number of rotatable bonds is 4. The molecule has 2 atom stereocenters. The Kier molecular flexibility index (Phi) is 4.37. The first-order chi connectivity index (χ1) is 12.4. The SMILES string of the molecule is CC12CCNCC1Oc1ccc(OS(=O)(=O)Cc3ccccc3Cl)cc12. The topological polar surface area (TPSA) is 64.6 Å². The highest BCUT2D eigenvalue weighted by atomic mass is 35.5. The van der Waals surface area contributed by atoms with Crippen LogP contribution in [0.2, 0.25) is 5.02 Å². The average molecular weight is 394 g/mol. The Morgan fingerprint density at radius 2 is 2.12 bits per heavy atom. The minimum Gasteiger partial charge on any atom is -0.488 e. The van der Waals surface area contributed by atoms with Gasteiger partial charge in [0.05, 0.1) is 0 Å². The molecular formula is C19H20ClNO4S. The van der Waals surface area contributed by atoms with Crippen LogP contribution in [0.1, 0.15) is 24.5 Å². The second-order valence-electron chi connectivity index (χ2n) is 7.01. The molecule has 2 aromatic rings. The van der Waals surface area contributed by atoms with E-state index in [2.05, 4.69) is 12.2 Å². The van der Waals surface area contributed by atoms with Gasteiger partial charge in [0.15, 0.2) is 0 Å². The molecule has 2 aliphatic heterocycles. The molecule has 26 heavy (non-hydrogen) atoms. The van der Waals surface area contributed by atoms with Crippen LogP contribution >= 0.6 is 11.6 Å². The molecular weight excluding hydrogens is 374 g/mol. The van der Waals surface area contributed by atoms with Crippen LogP contribution in [0.15, 0.2) is 42.5 Å². The minimum absolute atomic E-state index is 0.0567. The number of benzene rings is 2. The van der Waals surface area contributed by atoms with Crippen molar-refractivity contribution in [3.8, 4) is 11.5 Å². The Hall–Kier alpha value is -1.76. The van der Waals surface area contributed by atoms with Gasteiger partial charge in [-0.15, -0.1) is 0 Å². The third-order valence-electron chi connectivity index (χ3n) is 5.21. The first-order valence-corrected chi connectivity index (χ1v) is 10.5. The molecule has 2 aromatic carbocycles. The maximum absolute atomic E-state index is 12.5. The van der Waals surface area contributed by atoms with Crippen LogP contribution in [0.3, 0.4) is 0 Å². The smallest absolute Gasteiger partial charge is 0.313 e. The van der Waals surface area contributed by atoms with Crippen LogP contribution in [0.5, 0.6) is 11.5 Å². The molecule has 0 aliphatic carbocycles.